The number of allylic oxidation sites excluding steroid dienone is 2. The van der Waals surface area contributed by atoms with E-state index >= 15 is 0 Å². The fourth-order valence-electron chi connectivity index (χ4n) is 5.19. The number of aliphatic hydroxyl groups excluding tert-OH is 2. The average Bonchev–Trinajstić information content (AvgIpc) is 3.33. The highest BCUT2D eigenvalue weighted by molar-refractivity contribution is 6.37. The number of hydrogen-bond acceptors (Lipinski definition) is 4. The summed E-state index contributed by atoms with van der Waals surface area (Å²) < 4.78 is 0. The second kappa shape index (κ2) is 12.8. The van der Waals surface area contributed by atoms with Crippen molar-refractivity contribution in [3.8, 4) is 17.6 Å². The molecule has 1 aromatic rings. The number of nitrogens with one attached hydrogen (secondary N) is 1. The summed E-state index contributed by atoms with van der Waals surface area (Å²) in [6.07, 6.45) is 10.5. The van der Waals surface area contributed by atoms with Crippen molar-refractivity contribution in [2.75, 3.05) is 5.32 Å². The minimum Gasteiger partial charge on any atom is -0.505 e. The SMILES string of the molecule is CC#CC[C@H](C)[C@H](O)/C=C/[C@H]1[C@@H]2C/C(=C\CCCC(=O)Nc3cc(Cl)c(O)c(Cl)c3)C[C@H]2C[C@@H]1O. The molecule has 0 bridgehead atoms. The molecule has 2 aliphatic carbocycles. The van der Waals surface area contributed by atoms with Crippen molar-refractivity contribution < 1.29 is 20.1 Å². The lowest BCUT2D eigenvalue weighted by Gasteiger charge is -2.19. The molecule has 6 atom stereocenters. The van der Waals surface area contributed by atoms with Crippen molar-refractivity contribution in [1.82, 2.24) is 0 Å². The molecule has 2 aliphatic rings. The van der Waals surface area contributed by atoms with Crippen molar-refractivity contribution in [1.29, 1.82) is 0 Å². The molecule has 2 fully saturated rings. The highest BCUT2D eigenvalue weighted by Gasteiger charge is 2.45. The van der Waals surface area contributed by atoms with E-state index in [1.165, 1.54) is 17.7 Å². The van der Waals surface area contributed by atoms with Gasteiger partial charge in [-0.3, -0.25) is 4.79 Å². The van der Waals surface area contributed by atoms with Crippen molar-refractivity contribution in [2.45, 2.75) is 71.0 Å². The van der Waals surface area contributed by atoms with Crippen molar-refractivity contribution >= 4 is 34.8 Å². The standard InChI is InChI=1S/C28H35Cl2NO4/c1-3-4-7-17(2)25(32)11-10-21-22-13-18(12-19(22)14-26(21)33)8-5-6-9-27(34)31-20-15-23(29)28(35)24(30)16-20/h8,10-11,15-17,19,21-22,25-26,32-33,35H,5-7,9,12-14H2,1-2H3,(H,31,34)/b11-10+,18-8-/t17-,19-,21-,22+,25+,26-/m0/s1. The average molecular weight is 520 g/mol. The van der Waals surface area contributed by atoms with Gasteiger partial charge in [-0.1, -0.05) is 53.9 Å². The van der Waals surface area contributed by atoms with Gasteiger partial charge in [0.1, 0.15) is 0 Å². The number of phenols is 1. The Labute approximate surface area is 218 Å². The second-order valence-electron chi connectivity index (χ2n) is 9.79. The van der Waals surface area contributed by atoms with Gasteiger partial charge in [0.25, 0.3) is 0 Å². The molecular formula is C28H35Cl2NO4. The predicted molar refractivity (Wildman–Crippen MR) is 141 cm³/mol. The smallest absolute Gasteiger partial charge is 0.224 e. The Morgan fingerprint density at radius 3 is 2.69 bits per heavy atom. The summed E-state index contributed by atoms with van der Waals surface area (Å²) >= 11 is 11.8. The zero-order valence-corrected chi connectivity index (χ0v) is 21.8. The van der Waals surface area contributed by atoms with E-state index in [1.54, 1.807) is 6.92 Å². The first-order chi connectivity index (χ1) is 16.7. The monoisotopic (exact) mass is 519 g/mol. The van der Waals surface area contributed by atoms with E-state index < -0.39 is 6.10 Å². The number of fused-ring (bicyclic) bond motifs is 1. The fraction of sp³-hybridized carbons (Fsp3) is 0.536. The first-order valence-corrected chi connectivity index (χ1v) is 13.0. The van der Waals surface area contributed by atoms with Crippen LogP contribution < -0.4 is 5.32 Å². The van der Waals surface area contributed by atoms with Crippen LogP contribution in [0, 0.1) is 35.5 Å². The summed E-state index contributed by atoms with van der Waals surface area (Å²) in [5.41, 5.74) is 1.86. The lowest BCUT2D eigenvalue weighted by Crippen LogP contribution is -2.19. The zero-order valence-electron chi connectivity index (χ0n) is 20.3. The maximum absolute atomic E-state index is 12.2. The van der Waals surface area contributed by atoms with Gasteiger partial charge >= 0.3 is 0 Å². The predicted octanol–water partition coefficient (Wildman–Crippen LogP) is 6.11. The molecule has 3 rings (SSSR count). The number of aliphatic hydroxyl groups is 2. The summed E-state index contributed by atoms with van der Waals surface area (Å²) in [6.45, 7) is 3.79. The van der Waals surface area contributed by atoms with Crippen LogP contribution in [-0.2, 0) is 4.79 Å². The largest absolute Gasteiger partial charge is 0.505 e. The van der Waals surface area contributed by atoms with Crippen molar-refractivity contribution in [2.24, 2.45) is 23.7 Å². The number of halogens is 2. The van der Waals surface area contributed by atoms with Crippen LogP contribution in [0.1, 0.15) is 58.8 Å². The highest BCUT2D eigenvalue weighted by Crippen LogP contribution is 2.50. The fourth-order valence-corrected chi connectivity index (χ4v) is 5.67. The Kier molecular flexibility index (Phi) is 10.1. The van der Waals surface area contributed by atoms with Crippen LogP contribution in [0.3, 0.4) is 0 Å². The molecule has 4 N–H and O–H groups in total. The lowest BCUT2D eigenvalue weighted by molar-refractivity contribution is -0.116. The number of benzene rings is 1. The normalized spacial score (nSPS) is 26.4. The summed E-state index contributed by atoms with van der Waals surface area (Å²) in [7, 11) is 0. The second-order valence-corrected chi connectivity index (χ2v) is 10.6. The molecule has 1 amide bonds. The molecule has 2 saturated carbocycles. The van der Waals surface area contributed by atoms with E-state index in [4.69, 9.17) is 23.2 Å². The first kappa shape index (κ1) is 27.6. The van der Waals surface area contributed by atoms with Gasteiger partial charge in [0.2, 0.25) is 5.91 Å². The number of unbranched alkanes of at least 4 members (excludes halogenated alkanes) is 1. The summed E-state index contributed by atoms with van der Waals surface area (Å²) in [4.78, 5) is 12.2. The van der Waals surface area contributed by atoms with Gasteiger partial charge in [-0.15, -0.1) is 11.8 Å². The Balaban J connectivity index is 1.46. The topological polar surface area (TPSA) is 89.8 Å². The molecule has 0 aliphatic heterocycles. The van der Waals surface area contributed by atoms with Crippen LogP contribution in [0.15, 0.2) is 35.9 Å². The number of hydrogen-bond donors (Lipinski definition) is 4. The maximum Gasteiger partial charge on any atom is 0.224 e. The number of carbonyl (C=O) groups excluding carboxylic acids is 1. The highest BCUT2D eigenvalue weighted by atomic mass is 35.5. The minimum absolute atomic E-state index is 0.0623. The molecule has 0 aromatic heterocycles. The summed E-state index contributed by atoms with van der Waals surface area (Å²) in [5.74, 6) is 6.55. The Morgan fingerprint density at radius 1 is 1.29 bits per heavy atom. The number of carbonyl (C=O) groups is 1. The van der Waals surface area contributed by atoms with Gasteiger partial charge in [-0.25, -0.2) is 0 Å². The molecule has 0 saturated heterocycles. The van der Waals surface area contributed by atoms with E-state index in [0.717, 1.165) is 32.1 Å². The molecule has 5 nitrogen and oxygen atoms in total. The quantitative estimate of drug-likeness (QED) is 0.137. The van der Waals surface area contributed by atoms with Gasteiger partial charge in [-0.05, 0) is 68.9 Å². The summed E-state index contributed by atoms with van der Waals surface area (Å²) in [5, 5.41) is 33.5. The molecule has 1 aromatic carbocycles. The number of aromatic hydroxyl groups is 1. The van der Waals surface area contributed by atoms with Gasteiger partial charge in [0, 0.05) is 24.4 Å². The van der Waals surface area contributed by atoms with Crippen LogP contribution in [0.5, 0.6) is 5.75 Å². The third kappa shape index (κ3) is 7.51. The third-order valence-electron chi connectivity index (χ3n) is 7.17. The minimum atomic E-state index is -0.557. The molecule has 0 radical (unpaired) electrons. The molecule has 0 unspecified atom stereocenters. The first-order valence-electron chi connectivity index (χ1n) is 12.3. The van der Waals surface area contributed by atoms with Gasteiger partial charge in [0.05, 0.1) is 22.3 Å². The Bertz CT molecular complexity index is 1000. The van der Waals surface area contributed by atoms with E-state index in [-0.39, 0.29) is 39.6 Å². The van der Waals surface area contributed by atoms with Gasteiger partial charge < -0.3 is 20.6 Å². The molecule has 0 heterocycles. The maximum atomic E-state index is 12.2. The van der Waals surface area contributed by atoms with Crippen LogP contribution in [-0.4, -0.2) is 33.4 Å². The number of rotatable bonds is 9. The van der Waals surface area contributed by atoms with Crippen molar-refractivity contribution in [3.63, 3.8) is 0 Å². The molecule has 0 spiro atoms. The van der Waals surface area contributed by atoms with Crippen LogP contribution >= 0.6 is 23.2 Å². The van der Waals surface area contributed by atoms with Crippen LogP contribution in [0.25, 0.3) is 0 Å². The Hall–Kier alpha value is -1.97. The van der Waals surface area contributed by atoms with Crippen LogP contribution in [0.4, 0.5) is 5.69 Å². The number of anilines is 1. The number of phenolic OH excluding ortho intramolecular Hbond substituents is 1. The van der Waals surface area contributed by atoms with E-state index in [2.05, 4.69) is 23.2 Å². The van der Waals surface area contributed by atoms with E-state index in [1.807, 2.05) is 19.1 Å². The summed E-state index contributed by atoms with van der Waals surface area (Å²) in [6, 6.07) is 2.94. The van der Waals surface area contributed by atoms with E-state index in [9.17, 15) is 20.1 Å². The molecule has 190 valence electrons. The van der Waals surface area contributed by atoms with Gasteiger partial charge in [0.15, 0.2) is 5.75 Å². The van der Waals surface area contributed by atoms with Crippen LogP contribution in [0.2, 0.25) is 10.0 Å². The third-order valence-corrected chi connectivity index (χ3v) is 7.74. The lowest BCUT2D eigenvalue weighted by atomic mass is 9.89. The molecular weight excluding hydrogens is 485 g/mol. The Morgan fingerprint density at radius 2 is 2.00 bits per heavy atom. The van der Waals surface area contributed by atoms with Crippen molar-refractivity contribution in [3.05, 3.63) is 46.0 Å². The van der Waals surface area contributed by atoms with Gasteiger partial charge in [-0.2, -0.15) is 0 Å². The molecule has 7 heteroatoms. The number of amides is 1. The molecule has 35 heavy (non-hydrogen) atoms. The van der Waals surface area contributed by atoms with E-state index in [0.29, 0.717) is 30.4 Å². The zero-order chi connectivity index (χ0) is 25.5.